The molecule has 1 aliphatic rings. The zero-order chi connectivity index (χ0) is 18.4. The van der Waals surface area contributed by atoms with Crippen LogP contribution in [0.2, 0.25) is 0 Å². The molecule has 27 heavy (non-hydrogen) atoms. The third-order valence-electron chi connectivity index (χ3n) is 4.90. The van der Waals surface area contributed by atoms with Gasteiger partial charge in [0.05, 0.1) is 25.2 Å². The van der Waals surface area contributed by atoms with Crippen LogP contribution >= 0.6 is 35.3 Å². The quantitative estimate of drug-likeness (QED) is 0.340. The molecule has 2 heterocycles. The molecule has 1 aromatic heterocycles. The SMILES string of the molecule is CCN(CC)C(CN=C(N)NC1CCOc2ccccc21)c1ccsc1.I. The number of thiophene rings is 1. The zero-order valence-corrected chi connectivity index (χ0v) is 19.1. The van der Waals surface area contributed by atoms with E-state index in [0.717, 1.165) is 30.8 Å². The molecule has 0 amide bonds. The van der Waals surface area contributed by atoms with Crippen LogP contribution in [0, 0.1) is 0 Å². The second-order valence-corrected chi connectivity index (χ2v) is 7.17. The van der Waals surface area contributed by atoms with E-state index < -0.39 is 0 Å². The van der Waals surface area contributed by atoms with Crippen LogP contribution in [0.15, 0.2) is 46.1 Å². The number of halogens is 1. The zero-order valence-electron chi connectivity index (χ0n) is 15.9. The molecule has 7 heteroatoms. The summed E-state index contributed by atoms with van der Waals surface area (Å²) in [5.41, 5.74) is 8.69. The molecule has 0 saturated carbocycles. The van der Waals surface area contributed by atoms with Crippen LogP contribution in [-0.4, -0.2) is 37.1 Å². The Morgan fingerprint density at radius 3 is 2.81 bits per heavy atom. The van der Waals surface area contributed by atoms with Crippen molar-refractivity contribution in [2.75, 3.05) is 26.2 Å². The molecule has 0 fully saturated rings. The summed E-state index contributed by atoms with van der Waals surface area (Å²) < 4.78 is 5.72. The number of nitrogens with zero attached hydrogens (tertiary/aromatic N) is 2. The predicted octanol–water partition coefficient (Wildman–Crippen LogP) is 4.18. The normalized spacial score (nSPS) is 17.6. The van der Waals surface area contributed by atoms with Crippen molar-refractivity contribution in [3.05, 3.63) is 52.2 Å². The molecular weight excluding hydrogens is 471 g/mol. The van der Waals surface area contributed by atoms with Gasteiger partial charge in [-0.25, -0.2) is 0 Å². The molecule has 0 saturated heterocycles. The van der Waals surface area contributed by atoms with Crippen molar-refractivity contribution in [3.63, 3.8) is 0 Å². The van der Waals surface area contributed by atoms with Crippen LogP contribution < -0.4 is 15.8 Å². The molecule has 148 valence electrons. The fourth-order valence-corrected chi connectivity index (χ4v) is 4.17. The van der Waals surface area contributed by atoms with Crippen molar-refractivity contribution in [1.29, 1.82) is 0 Å². The summed E-state index contributed by atoms with van der Waals surface area (Å²) in [4.78, 5) is 7.09. The highest BCUT2D eigenvalue weighted by Crippen LogP contribution is 2.31. The van der Waals surface area contributed by atoms with E-state index >= 15 is 0 Å². The fraction of sp³-hybridized carbons (Fsp3) is 0.450. The van der Waals surface area contributed by atoms with E-state index in [1.165, 1.54) is 5.56 Å². The highest BCUT2D eigenvalue weighted by Gasteiger charge is 2.22. The lowest BCUT2D eigenvalue weighted by Crippen LogP contribution is -2.38. The largest absolute Gasteiger partial charge is 0.493 e. The maximum atomic E-state index is 6.23. The molecule has 0 bridgehead atoms. The van der Waals surface area contributed by atoms with Crippen molar-refractivity contribution in [3.8, 4) is 5.75 Å². The van der Waals surface area contributed by atoms with Gasteiger partial charge in [-0.3, -0.25) is 9.89 Å². The molecule has 1 aliphatic heterocycles. The Labute approximate surface area is 183 Å². The Morgan fingerprint density at radius 1 is 1.33 bits per heavy atom. The van der Waals surface area contributed by atoms with Gasteiger partial charge in [-0.1, -0.05) is 32.0 Å². The number of hydrogen-bond acceptors (Lipinski definition) is 4. The third kappa shape index (κ3) is 5.58. The maximum absolute atomic E-state index is 6.23. The average molecular weight is 500 g/mol. The lowest BCUT2D eigenvalue weighted by atomic mass is 10.0. The van der Waals surface area contributed by atoms with E-state index in [9.17, 15) is 0 Å². The van der Waals surface area contributed by atoms with E-state index in [-0.39, 0.29) is 36.1 Å². The Morgan fingerprint density at radius 2 is 2.11 bits per heavy atom. The lowest BCUT2D eigenvalue weighted by molar-refractivity contribution is 0.224. The second-order valence-electron chi connectivity index (χ2n) is 6.39. The average Bonchev–Trinajstić information content (AvgIpc) is 3.20. The van der Waals surface area contributed by atoms with E-state index in [4.69, 9.17) is 10.5 Å². The minimum Gasteiger partial charge on any atom is -0.493 e. The summed E-state index contributed by atoms with van der Waals surface area (Å²) in [7, 11) is 0. The number of fused-ring (bicyclic) bond motifs is 1. The van der Waals surface area contributed by atoms with Gasteiger partial charge in [0, 0.05) is 12.0 Å². The highest BCUT2D eigenvalue weighted by atomic mass is 127. The first-order valence-corrected chi connectivity index (χ1v) is 10.2. The lowest BCUT2D eigenvalue weighted by Gasteiger charge is -2.29. The van der Waals surface area contributed by atoms with Gasteiger partial charge in [0.2, 0.25) is 0 Å². The van der Waals surface area contributed by atoms with Crippen molar-refractivity contribution >= 4 is 41.3 Å². The van der Waals surface area contributed by atoms with Crippen LogP contribution in [0.5, 0.6) is 5.75 Å². The molecular formula is C20H29IN4OS. The van der Waals surface area contributed by atoms with Crippen LogP contribution in [0.1, 0.15) is 43.5 Å². The molecule has 3 N–H and O–H groups in total. The van der Waals surface area contributed by atoms with Gasteiger partial charge in [-0.15, -0.1) is 24.0 Å². The molecule has 2 aromatic rings. The number of nitrogens with one attached hydrogen (secondary N) is 1. The van der Waals surface area contributed by atoms with E-state index in [1.807, 2.05) is 18.2 Å². The number of likely N-dealkylation sites (N-methyl/N-ethyl adjacent to an activating group) is 1. The molecule has 3 rings (SSSR count). The second kappa shape index (κ2) is 10.9. The topological polar surface area (TPSA) is 62.9 Å². The van der Waals surface area contributed by atoms with Crippen molar-refractivity contribution in [2.24, 2.45) is 10.7 Å². The van der Waals surface area contributed by atoms with Crippen molar-refractivity contribution in [2.45, 2.75) is 32.4 Å². The first-order chi connectivity index (χ1) is 12.7. The highest BCUT2D eigenvalue weighted by molar-refractivity contribution is 14.0. The predicted molar refractivity (Wildman–Crippen MR) is 124 cm³/mol. The standard InChI is InChI=1S/C20H28N4OS.HI/c1-3-24(4-2)18(15-10-12-26-14-15)13-22-20(21)23-17-9-11-25-19-8-6-5-7-16(17)19;/h5-8,10,12,14,17-18H,3-4,9,11,13H2,1-2H3,(H3,21,22,23);1H. The van der Waals surface area contributed by atoms with E-state index in [0.29, 0.717) is 19.1 Å². The van der Waals surface area contributed by atoms with Gasteiger partial charge >= 0.3 is 0 Å². The molecule has 2 atom stereocenters. The summed E-state index contributed by atoms with van der Waals surface area (Å²) in [5, 5.41) is 7.71. The van der Waals surface area contributed by atoms with Crippen LogP contribution in [0.25, 0.3) is 0 Å². The number of hydrogen-bond donors (Lipinski definition) is 2. The first kappa shape index (κ1) is 22.0. The van der Waals surface area contributed by atoms with Gasteiger partial charge in [0.15, 0.2) is 5.96 Å². The summed E-state index contributed by atoms with van der Waals surface area (Å²) >= 11 is 1.73. The number of rotatable bonds is 7. The molecule has 1 aromatic carbocycles. The van der Waals surface area contributed by atoms with Gasteiger partial charge < -0.3 is 15.8 Å². The van der Waals surface area contributed by atoms with E-state index in [2.05, 4.69) is 51.9 Å². The number of benzene rings is 1. The smallest absolute Gasteiger partial charge is 0.189 e. The maximum Gasteiger partial charge on any atom is 0.189 e. The Kier molecular flexibility index (Phi) is 8.85. The summed E-state index contributed by atoms with van der Waals surface area (Å²) in [5.74, 6) is 1.43. The summed E-state index contributed by atoms with van der Waals surface area (Å²) in [6, 6.07) is 10.7. The van der Waals surface area contributed by atoms with Crippen LogP contribution in [0.4, 0.5) is 0 Å². The number of guanidine groups is 1. The Balaban J connectivity index is 0.00000261. The molecule has 5 nitrogen and oxygen atoms in total. The first-order valence-electron chi connectivity index (χ1n) is 9.27. The monoisotopic (exact) mass is 500 g/mol. The minimum absolute atomic E-state index is 0. The fourth-order valence-electron chi connectivity index (χ4n) is 3.46. The van der Waals surface area contributed by atoms with Crippen molar-refractivity contribution < 1.29 is 4.74 Å². The van der Waals surface area contributed by atoms with Gasteiger partial charge in [-0.2, -0.15) is 11.3 Å². The Bertz CT molecular complexity index is 719. The number of para-hydroxylation sites is 1. The van der Waals surface area contributed by atoms with Gasteiger partial charge in [0.25, 0.3) is 0 Å². The Hall–Kier alpha value is -1.32. The third-order valence-corrected chi connectivity index (χ3v) is 5.60. The molecule has 0 spiro atoms. The van der Waals surface area contributed by atoms with Gasteiger partial charge in [-0.05, 0) is 41.5 Å². The number of ether oxygens (including phenoxy) is 1. The summed E-state index contributed by atoms with van der Waals surface area (Å²) in [6.45, 7) is 7.71. The number of nitrogens with two attached hydrogens (primary N) is 1. The van der Waals surface area contributed by atoms with Gasteiger partial charge in [0.1, 0.15) is 5.75 Å². The molecule has 0 radical (unpaired) electrons. The van der Waals surface area contributed by atoms with Crippen LogP contribution in [0.3, 0.4) is 0 Å². The molecule has 0 aliphatic carbocycles. The van der Waals surface area contributed by atoms with E-state index in [1.54, 1.807) is 11.3 Å². The summed E-state index contributed by atoms with van der Waals surface area (Å²) in [6.07, 6.45) is 0.886. The van der Waals surface area contributed by atoms with Crippen LogP contribution in [-0.2, 0) is 0 Å². The molecule has 2 unspecified atom stereocenters. The van der Waals surface area contributed by atoms with Crippen molar-refractivity contribution in [1.82, 2.24) is 10.2 Å². The number of aliphatic imine (C=N–C) groups is 1. The minimum atomic E-state index is 0.